The summed E-state index contributed by atoms with van der Waals surface area (Å²) in [6.07, 6.45) is 1.20. The summed E-state index contributed by atoms with van der Waals surface area (Å²) in [5, 5.41) is 6.94. The number of carbonyl (C=O) groups excluding carboxylic acids is 3. The lowest BCUT2D eigenvalue weighted by Gasteiger charge is -2.38. The summed E-state index contributed by atoms with van der Waals surface area (Å²) in [7, 11) is 0. The maximum Gasteiger partial charge on any atom is 0.418 e. The summed E-state index contributed by atoms with van der Waals surface area (Å²) in [5.41, 5.74) is 6.06. The van der Waals surface area contributed by atoms with Crippen LogP contribution in [0.15, 0.2) is 49.1 Å². The van der Waals surface area contributed by atoms with Crippen molar-refractivity contribution in [2.24, 2.45) is 5.92 Å². The third-order valence-electron chi connectivity index (χ3n) is 9.73. The predicted octanol–water partition coefficient (Wildman–Crippen LogP) is 5.03. The number of likely N-dealkylation sites (tertiary alicyclic amines) is 2. The second kappa shape index (κ2) is 14.0. The number of alkyl halides is 3. The fourth-order valence-corrected chi connectivity index (χ4v) is 7.32. The summed E-state index contributed by atoms with van der Waals surface area (Å²) < 4.78 is 43.1. The maximum atomic E-state index is 14.0. The summed E-state index contributed by atoms with van der Waals surface area (Å²) >= 11 is 6.11. The molecule has 3 aliphatic rings. The van der Waals surface area contributed by atoms with Crippen molar-refractivity contribution in [3.05, 3.63) is 70.8 Å². The van der Waals surface area contributed by atoms with Crippen LogP contribution in [-0.4, -0.2) is 86.1 Å². The first-order chi connectivity index (χ1) is 23.0. The highest BCUT2D eigenvalue weighted by Gasteiger charge is 2.37. The lowest BCUT2D eigenvalue weighted by Crippen LogP contribution is -2.50. The SMILES string of the molecule is Nc1c(Cl)cc(CC(CC(=O)N2CCC(N3CCc4ccccc4NC3=O)CC2)C(=O)N2CCC(n3cncn3)CC2)cc1C(F)(F)F. The first-order valence-electron chi connectivity index (χ1n) is 16.2. The predicted molar refractivity (Wildman–Crippen MR) is 173 cm³/mol. The van der Waals surface area contributed by atoms with Gasteiger partial charge in [-0.25, -0.2) is 14.5 Å². The number of piperidine rings is 2. The van der Waals surface area contributed by atoms with E-state index in [1.54, 1.807) is 20.8 Å². The smallest absolute Gasteiger partial charge is 0.397 e. The van der Waals surface area contributed by atoms with E-state index in [-0.39, 0.29) is 53.4 Å². The molecule has 1 aromatic heterocycles. The summed E-state index contributed by atoms with van der Waals surface area (Å²) in [6.45, 7) is 2.19. The Morgan fingerprint density at radius 2 is 1.69 bits per heavy atom. The van der Waals surface area contributed by atoms with Crippen molar-refractivity contribution in [1.29, 1.82) is 0 Å². The molecule has 2 saturated heterocycles. The standard InChI is InChI=1S/C33H38ClF3N8O3/c34-27-17-21(16-26(30(27)38)33(35,36)37)15-23(31(47)43-12-8-25(9-13-43)45-20-39-19-40-45)18-29(46)42-10-6-24(7-11-42)44-14-5-22-3-1-2-4-28(22)41-32(44)48/h1-4,16-17,19-20,23-25H,5-15,18,38H2,(H,41,48). The summed E-state index contributed by atoms with van der Waals surface area (Å²) in [4.78, 5) is 49.9. The molecule has 6 rings (SSSR count). The van der Waals surface area contributed by atoms with Gasteiger partial charge in [0, 0.05) is 50.9 Å². The van der Waals surface area contributed by atoms with Crippen LogP contribution in [0.1, 0.15) is 54.8 Å². The molecule has 1 unspecified atom stereocenters. The molecule has 4 amide bonds. The second-order valence-electron chi connectivity index (χ2n) is 12.7. The number of aromatic nitrogens is 3. The number of urea groups is 1. The molecule has 0 aliphatic carbocycles. The maximum absolute atomic E-state index is 14.0. The summed E-state index contributed by atoms with van der Waals surface area (Å²) in [6, 6.07) is 9.83. The van der Waals surface area contributed by atoms with E-state index in [4.69, 9.17) is 17.3 Å². The van der Waals surface area contributed by atoms with Crippen molar-refractivity contribution in [3.8, 4) is 0 Å². The number of nitrogens with one attached hydrogen (secondary N) is 1. The van der Waals surface area contributed by atoms with Gasteiger partial charge in [-0.05, 0) is 67.9 Å². The molecule has 2 aromatic carbocycles. The number of amides is 4. The number of fused-ring (bicyclic) bond motifs is 1. The number of carbonyl (C=O) groups is 3. The van der Waals surface area contributed by atoms with Crippen LogP contribution in [-0.2, 0) is 28.6 Å². The lowest BCUT2D eigenvalue weighted by atomic mass is 9.91. The van der Waals surface area contributed by atoms with Gasteiger partial charge in [0.2, 0.25) is 11.8 Å². The van der Waals surface area contributed by atoms with E-state index < -0.39 is 23.3 Å². The number of para-hydroxylation sites is 1. The largest absolute Gasteiger partial charge is 0.418 e. The van der Waals surface area contributed by atoms with Crippen molar-refractivity contribution in [1.82, 2.24) is 29.5 Å². The van der Waals surface area contributed by atoms with Gasteiger partial charge in [-0.1, -0.05) is 29.8 Å². The Bertz CT molecular complexity index is 1640. The number of hydrogen-bond acceptors (Lipinski definition) is 6. The van der Waals surface area contributed by atoms with Gasteiger partial charge in [0.25, 0.3) is 0 Å². The molecular weight excluding hydrogens is 649 g/mol. The number of halogens is 4. The van der Waals surface area contributed by atoms with Gasteiger partial charge in [0.05, 0.1) is 28.2 Å². The highest BCUT2D eigenvalue weighted by atomic mass is 35.5. The van der Waals surface area contributed by atoms with Crippen molar-refractivity contribution in [3.63, 3.8) is 0 Å². The molecular formula is C33H38ClF3N8O3. The van der Waals surface area contributed by atoms with Crippen LogP contribution in [0.4, 0.5) is 29.3 Å². The average molecular weight is 687 g/mol. The molecule has 48 heavy (non-hydrogen) atoms. The van der Waals surface area contributed by atoms with Crippen LogP contribution >= 0.6 is 11.6 Å². The van der Waals surface area contributed by atoms with E-state index in [0.717, 1.165) is 23.7 Å². The van der Waals surface area contributed by atoms with Crippen molar-refractivity contribution < 1.29 is 27.6 Å². The number of rotatable bonds is 7. The first kappa shape index (κ1) is 33.6. The molecule has 0 spiro atoms. The van der Waals surface area contributed by atoms with E-state index in [9.17, 15) is 27.6 Å². The van der Waals surface area contributed by atoms with Gasteiger partial charge >= 0.3 is 12.2 Å². The first-order valence-corrected chi connectivity index (χ1v) is 16.6. The van der Waals surface area contributed by atoms with Crippen molar-refractivity contribution in [2.45, 2.75) is 63.2 Å². The highest BCUT2D eigenvalue weighted by Crippen LogP contribution is 2.39. The van der Waals surface area contributed by atoms with Gasteiger partial charge in [-0.15, -0.1) is 0 Å². The number of nitrogen functional groups attached to an aromatic ring is 1. The van der Waals surface area contributed by atoms with E-state index >= 15 is 0 Å². The van der Waals surface area contributed by atoms with Crippen molar-refractivity contribution in [2.75, 3.05) is 43.8 Å². The van der Waals surface area contributed by atoms with E-state index in [1.807, 2.05) is 29.2 Å². The Labute approximate surface area is 281 Å². The number of anilines is 2. The molecule has 3 aliphatic heterocycles. The normalized spacial score (nSPS) is 18.7. The highest BCUT2D eigenvalue weighted by molar-refractivity contribution is 6.33. The minimum Gasteiger partial charge on any atom is -0.397 e. The topological polar surface area (TPSA) is 130 Å². The zero-order valence-electron chi connectivity index (χ0n) is 26.3. The molecule has 0 radical (unpaired) electrons. The van der Waals surface area contributed by atoms with Crippen LogP contribution in [0, 0.1) is 5.92 Å². The zero-order chi connectivity index (χ0) is 34.0. The molecule has 0 bridgehead atoms. The van der Waals surface area contributed by atoms with E-state index in [1.165, 1.54) is 12.4 Å². The van der Waals surface area contributed by atoms with Crippen LogP contribution in [0.5, 0.6) is 0 Å². The number of benzene rings is 2. The Hall–Kier alpha value is -4.33. The monoisotopic (exact) mass is 686 g/mol. The van der Waals surface area contributed by atoms with Gasteiger partial charge in [0.15, 0.2) is 0 Å². The van der Waals surface area contributed by atoms with E-state index in [2.05, 4.69) is 15.4 Å². The third-order valence-corrected chi connectivity index (χ3v) is 10.0. The Morgan fingerprint density at radius 1 is 1.00 bits per heavy atom. The lowest BCUT2D eigenvalue weighted by molar-refractivity contribution is -0.142. The molecule has 3 aromatic rings. The molecule has 15 heteroatoms. The fourth-order valence-electron chi connectivity index (χ4n) is 7.08. The van der Waals surface area contributed by atoms with E-state index in [0.29, 0.717) is 58.4 Å². The summed E-state index contributed by atoms with van der Waals surface area (Å²) in [5.74, 6) is -1.46. The Morgan fingerprint density at radius 3 is 2.38 bits per heavy atom. The molecule has 256 valence electrons. The van der Waals surface area contributed by atoms with Crippen LogP contribution in [0.3, 0.4) is 0 Å². The Balaban J connectivity index is 1.13. The van der Waals surface area contributed by atoms with Crippen molar-refractivity contribution >= 4 is 40.8 Å². The second-order valence-corrected chi connectivity index (χ2v) is 13.1. The molecule has 11 nitrogen and oxygen atoms in total. The number of nitrogens with zero attached hydrogens (tertiary/aromatic N) is 6. The quantitative estimate of drug-likeness (QED) is 0.336. The molecule has 4 heterocycles. The number of nitrogens with two attached hydrogens (primary N) is 1. The van der Waals surface area contributed by atoms with Gasteiger partial charge in [-0.3, -0.25) is 9.59 Å². The minimum absolute atomic E-state index is 0.0511. The van der Waals surface area contributed by atoms with Gasteiger partial charge in [-0.2, -0.15) is 18.3 Å². The fraction of sp³-hybridized carbons (Fsp3) is 0.485. The Kier molecular flexibility index (Phi) is 9.81. The number of hydrogen-bond donors (Lipinski definition) is 2. The van der Waals surface area contributed by atoms with Crippen LogP contribution in [0.2, 0.25) is 5.02 Å². The third kappa shape index (κ3) is 7.38. The molecule has 2 fully saturated rings. The molecule has 0 saturated carbocycles. The average Bonchev–Trinajstić information content (AvgIpc) is 3.56. The van der Waals surface area contributed by atoms with Gasteiger partial charge in [0.1, 0.15) is 12.7 Å². The minimum atomic E-state index is -4.74. The van der Waals surface area contributed by atoms with Crippen LogP contribution < -0.4 is 11.1 Å². The van der Waals surface area contributed by atoms with Gasteiger partial charge < -0.3 is 25.8 Å². The van der Waals surface area contributed by atoms with Crippen LogP contribution in [0.25, 0.3) is 0 Å². The zero-order valence-corrected chi connectivity index (χ0v) is 27.1. The molecule has 1 atom stereocenters. The molecule has 3 N–H and O–H groups in total.